The van der Waals surface area contributed by atoms with Crippen molar-refractivity contribution >= 4 is 5.69 Å². The highest BCUT2D eigenvalue weighted by Crippen LogP contribution is 2.22. The van der Waals surface area contributed by atoms with Crippen molar-refractivity contribution < 1.29 is 9.13 Å². The van der Waals surface area contributed by atoms with Crippen LogP contribution in [0.2, 0.25) is 0 Å². The Labute approximate surface area is 82.9 Å². The zero-order chi connectivity index (χ0) is 9.97. The molecule has 3 heteroatoms. The molecule has 1 aliphatic heterocycles. The molecule has 1 aliphatic rings. The lowest BCUT2D eigenvalue weighted by molar-refractivity contribution is 0.186. The minimum absolute atomic E-state index is 0.270. The number of hydrogen-bond acceptors (Lipinski definition) is 2. The number of anilines is 1. The van der Waals surface area contributed by atoms with Gasteiger partial charge in [-0.15, -0.1) is 0 Å². The number of hydrogen-bond donors (Lipinski definition) is 1. The molecule has 0 aromatic heterocycles. The monoisotopic (exact) mass is 195 g/mol. The van der Waals surface area contributed by atoms with Gasteiger partial charge in [0.15, 0.2) is 0 Å². The number of benzene rings is 1. The van der Waals surface area contributed by atoms with Gasteiger partial charge in [-0.25, -0.2) is 4.39 Å². The summed E-state index contributed by atoms with van der Waals surface area (Å²) in [4.78, 5) is 0. The lowest BCUT2D eigenvalue weighted by Crippen LogP contribution is -2.06. The first-order chi connectivity index (χ1) is 6.75. The summed E-state index contributed by atoms with van der Waals surface area (Å²) in [7, 11) is 0. The van der Waals surface area contributed by atoms with Crippen LogP contribution in [0.15, 0.2) is 18.2 Å². The summed E-state index contributed by atoms with van der Waals surface area (Å²) in [5.41, 5.74) is 7.30. The van der Waals surface area contributed by atoms with E-state index in [1.54, 1.807) is 6.07 Å². The molecule has 1 saturated heterocycles. The van der Waals surface area contributed by atoms with E-state index < -0.39 is 0 Å². The van der Waals surface area contributed by atoms with Gasteiger partial charge in [-0.05, 0) is 36.5 Å². The van der Waals surface area contributed by atoms with Gasteiger partial charge < -0.3 is 10.5 Å². The van der Waals surface area contributed by atoms with Crippen LogP contribution in [0.3, 0.4) is 0 Å². The standard InChI is InChI=1S/C11H14FNO/c12-10-2-1-9(11(13)6-10)5-8-3-4-14-7-8/h1-2,6,8H,3-5,7,13H2. The molecule has 14 heavy (non-hydrogen) atoms. The Hall–Kier alpha value is -1.09. The zero-order valence-electron chi connectivity index (χ0n) is 8.00. The molecule has 1 atom stereocenters. The van der Waals surface area contributed by atoms with Gasteiger partial charge in [0, 0.05) is 18.9 Å². The van der Waals surface area contributed by atoms with Gasteiger partial charge in [0.25, 0.3) is 0 Å². The molecular weight excluding hydrogens is 181 g/mol. The first-order valence-corrected chi connectivity index (χ1v) is 4.87. The predicted molar refractivity (Wildman–Crippen MR) is 53.4 cm³/mol. The van der Waals surface area contributed by atoms with Crippen molar-refractivity contribution in [3.05, 3.63) is 29.6 Å². The quantitative estimate of drug-likeness (QED) is 0.732. The van der Waals surface area contributed by atoms with E-state index in [2.05, 4.69) is 0 Å². The maximum absolute atomic E-state index is 12.8. The van der Waals surface area contributed by atoms with Gasteiger partial charge in [-0.2, -0.15) is 0 Å². The van der Waals surface area contributed by atoms with Crippen LogP contribution in [0.1, 0.15) is 12.0 Å². The maximum Gasteiger partial charge on any atom is 0.125 e. The van der Waals surface area contributed by atoms with Crippen LogP contribution >= 0.6 is 0 Å². The average Bonchev–Trinajstić information content (AvgIpc) is 2.62. The lowest BCUT2D eigenvalue weighted by atomic mass is 9.98. The molecule has 0 bridgehead atoms. The minimum Gasteiger partial charge on any atom is -0.398 e. The summed E-state index contributed by atoms with van der Waals surface area (Å²) in [6, 6.07) is 4.61. The van der Waals surface area contributed by atoms with Crippen LogP contribution in [0, 0.1) is 11.7 Å². The Morgan fingerprint density at radius 3 is 3.00 bits per heavy atom. The van der Waals surface area contributed by atoms with E-state index in [1.165, 1.54) is 12.1 Å². The van der Waals surface area contributed by atoms with Crippen LogP contribution < -0.4 is 5.73 Å². The van der Waals surface area contributed by atoms with Crippen molar-refractivity contribution in [3.63, 3.8) is 0 Å². The van der Waals surface area contributed by atoms with E-state index in [0.29, 0.717) is 11.6 Å². The van der Waals surface area contributed by atoms with Crippen molar-refractivity contribution in [1.29, 1.82) is 0 Å². The zero-order valence-corrected chi connectivity index (χ0v) is 8.00. The summed E-state index contributed by atoms with van der Waals surface area (Å²) >= 11 is 0. The molecule has 0 spiro atoms. The second-order valence-corrected chi connectivity index (χ2v) is 3.78. The van der Waals surface area contributed by atoms with Crippen LogP contribution in [0.25, 0.3) is 0 Å². The van der Waals surface area contributed by atoms with Crippen LogP contribution in [-0.2, 0) is 11.2 Å². The van der Waals surface area contributed by atoms with E-state index in [-0.39, 0.29) is 5.82 Å². The topological polar surface area (TPSA) is 35.2 Å². The number of nitrogens with two attached hydrogens (primary N) is 1. The van der Waals surface area contributed by atoms with E-state index in [0.717, 1.165) is 31.6 Å². The molecule has 1 unspecified atom stereocenters. The molecule has 0 saturated carbocycles. The highest BCUT2D eigenvalue weighted by Gasteiger charge is 2.17. The minimum atomic E-state index is -0.270. The normalized spacial score (nSPS) is 21.4. The smallest absolute Gasteiger partial charge is 0.125 e. The summed E-state index contributed by atoms with van der Waals surface area (Å²) in [5, 5.41) is 0. The summed E-state index contributed by atoms with van der Waals surface area (Å²) in [5.74, 6) is 0.275. The van der Waals surface area contributed by atoms with Crippen LogP contribution in [0.4, 0.5) is 10.1 Å². The number of rotatable bonds is 2. The Bertz CT molecular complexity index is 321. The van der Waals surface area contributed by atoms with Crippen LogP contribution in [-0.4, -0.2) is 13.2 Å². The first kappa shape index (κ1) is 9.46. The Morgan fingerprint density at radius 1 is 1.50 bits per heavy atom. The fourth-order valence-corrected chi connectivity index (χ4v) is 1.81. The van der Waals surface area contributed by atoms with Gasteiger partial charge in [0.2, 0.25) is 0 Å². The predicted octanol–water partition coefficient (Wildman–Crippen LogP) is 1.99. The van der Waals surface area contributed by atoms with E-state index in [1.807, 2.05) is 0 Å². The molecule has 1 aromatic rings. The largest absolute Gasteiger partial charge is 0.398 e. The number of halogens is 1. The first-order valence-electron chi connectivity index (χ1n) is 4.87. The molecule has 2 rings (SSSR count). The van der Waals surface area contributed by atoms with E-state index in [9.17, 15) is 4.39 Å². The van der Waals surface area contributed by atoms with Gasteiger partial charge >= 0.3 is 0 Å². The SMILES string of the molecule is Nc1cc(F)ccc1CC1CCOC1. The second-order valence-electron chi connectivity index (χ2n) is 3.78. The molecule has 1 aromatic carbocycles. The fourth-order valence-electron chi connectivity index (χ4n) is 1.81. The molecule has 0 aliphatic carbocycles. The molecule has 2 nitrogen and oxygen atoms in total. The third-order valence-electron chi connectivity index (χ3n) is 2.64. The Morgan fingerprint density at radius 2 is 2.36 bits per heavy atom. The second kappa shape index (κ2) is 3.96. The van der Waals surface area contributed by atoms with E-state index in [4.69, 9.17) is 10.5 Å². The third kappa shape index (κ3) is 2.04. The van der Waals surface area contributed by atoms with Gasteiger partial charge in [-0.1, -0.05) is 6.07 Å². The molecule has 1 fully saturated rings. The molecule has 0 amide bonds. The molecule has 1 heterocycles. The number of nitrogen functional groups attached to an aromatic ring is 1. The van der Waals surface area contributed by atoms with Gasteiger partial charge in [-0.3, -0.25) is 0 Å². The van der Waals surface area contributed by atoms with Crippen molar-refractivity contribution in [2.45, 2.75) is 12.8 Å². The fraction of sp³-hybridized carbons (Fsp3) is 0.455. The van der Waals surface area contributed by atoms with Gasteiger partial charge in [0.05, 0.1) is 0 Å². The molecule has 0 radical (unpaired) electrons. The lowest BCUT2D eigenvalue weighted by Gasteiger charge is -2.09. The summed E-state index contributed by atoms with van der Waals surface area (Å²) < 4.78 is 18.0. The molecular formula is C11H14FNO. The number of ether oxygens (including phenoxy) is 1. The maximum atomic E-state index is 12.8. The Kier molecular flexibility index (Phi) is 2.68. The average molecular weight is 195 g/mol. The van der Waals surface area contributed by atoms with E-state index >= 15 is 0 Å². The van der Waals surface area contributed by atoms with Gasteiger partial charge in [0.1, 0.15) is 5.82 Å². The summed E-state index contributed by atoms with van der Waals surface area (Å²) in [6.45, 7) is 1.64. The molecule has 2 N–H and O–H groups in total. The summed E-state index contributed by atoms with van der Waals surface area (Å²) in [6.07, 6.45) is 1.98. The van der Waals surface area contributed by atoms with Crippen molar-refractivity contribution in [3.8, 4) is 0 Å². The van der Waals surface area contributed by atoms with Crippen molar-refractivity contribution in [1.82, 2.24) is 0 Å². The third-order valence-corrected chi connectivity index (χ3v) is 2.64. The highest BCUT2D eigenvalue weighted by atomic mass is 19.1. The Balaban J connectivity index is 2.08. The van der Waals surface area contributed by atoms with Crippen molar-refractivity contribution in [2.75, 3.05) is 18.9 Å². The molecule has 76 valence electrons. The van der Waals surface area contributed by atoms with Crippen LogP contribution in [0.5, 0.6) is 0 Å². The highest BCUT2D eigenvalue weighted by molar-refractivity contribution is 5.47. The van der Waals surface area contributed by atoms with Crippen molar-refractivity contribution in [2.24, 2.45) is 5.92 Å².